The number of amides is 2. The van der Waals surface area contributed by atoms with E-state index in [-0.39, 0.29) is 30.7 Å². The van der Waals surface area contributed by atoms with Gasteiger partial charge in [0.2, 0.25) is 11.8 Å². The third kappa shape index (κ3) is 4.80. The lowest BCUT2D eigenvalue weighted by Crippen LogP contribution is -2.42. The molecule has 0 radical (unpaired) electrons. The van der Waals surface area contributed by atoms with E-state index in [0.717, 1.165) is 32.8 Å². The van der Waals surface area contributed by atoms with Crippen molar-refractivity contribution in [2.24, 2.45) is 13.0 Å². The topological polar surface area (TPSA) is 99.9 Å². The number of ether oxygens (including phenoxy) is 1. The molecule has 0 aromatic carbocycles. The molecule has 1 aromatic heterocycles. The first-order valence-electron chi connectivity index (χ1n) is 9.05. The molecule has 0 bridgehead atoms. The van der Waals surface area contributed by atoms with E-state index in [1.54, 1.807) is 29.0 Å². The number of morpholine rings is 1. The summed E-state index contributed by atoms with van der Waals surface area (Å²) in [5.74, 6) is -0.519. The van der Waals surface area contributed by atoms with Crippen molar-refractivity contribution in [1.29, 1.82) is 0 Å². The Kier molecular flexibility index (Phi) is 6.23. The number of aryl methyl sites for hydroxylation is 1. The summed E-state index contributed by atoms with van der Waals surface area (Å²) >= 11 is 0. The molecule has 3 rings (SSSR count). The van der Waals surface area contributed by atoms with Crippen LogP contribution in [0.5, 0.6) is 0 Å². The molecular weight excluding hydrogens is 338 g/mol. The first kappa shape index (κ1) is 18.8. The van der Waals surface area contributed by atoms with E-state index in [0.29, 0.717) is 18.7 Å². The number of carbonyl (C=O) groups is 2. The van der Waals surface area contributed by atoms with Crippen LogP contribution in [-0.4, -0.2) is 89.0 Å². The second-order valence-electron chi connectivity index (χ2n) is 6.90. The van der Waals surface area contributed by atoms with Gasteiger partial charge in [-0.2, -0.15) is 5.10 Å². The first-order chi connectivity index (χ1) is 12.5. The summed E-state index contributed by atoms with van der Waals surface area (Å²) in [4.78, 5) is 28.5. The maximum atomic E-state index is 12.3. The van der Waals surface area contributed by atoms with Gasteiger partial charge in [-0.15, -0.1) is 0 Å². The molecular formula is C17H27N5O4. The number of hydrogen-bond donors (Lipinski definition) is 2. The standard InChI is InChI=1S/C17H27N5O4/c1-20-11-14(9-19-20)15(23)10-18-17(25)13-8-16(24)22(12-13)3-2-21-4-6-26-7-5-21/h9,11,13,15,23H,2-8,10,12H2,1H3,(H,18,25). The highest BCUT2D eigenvalue weighted by Gasteiger charge is 2.34. The molecule has 2 aliphatic rings. The quantitative estimate of drug-likeness (QED) is 0.626. The lowest BCUT2D eigenvalue weighted by Gasteiger charge is -2.28. The number of aromatic nitrogens is 2. The molecule has 2 amide bonds. The number of carbonyl (C=O) groups excluding carboxylic acids is 2. The fourth-order valence-electron chi connectivity index (χ4n) is 3.32. The Morgan fingerprint density at radius 2 is 2.19 bits per heavy atom. The Hall–Kier alpha value is -1.97. The van der Waals surface area contributed by atoms with Crippen molar-refractivity contribution in [3.63, 3.8) is 0 Å². The van der Waals surface area contributed by atoms with Gasteiger partial charge in [-0.1, -0.05) is 0 Å². The van der Waals surface area contributed by atoms with E-state index in [4.69, 9.17) is 4.74 Å². The van der Waals surface area contributed by atoms with Crippen molar-refractivity contribution < 1.29 is 19.4 Å². The molecule has 2 N–H and O–H groups in total. The maximum absolute atomic E-state index is 12.3. The lowest BCUT2D eigenvalue weighted by molar-refractivity contribution is -0.129. The Morgan fingerprint density at radius 1 is 1.42 bits per heavy atom. The van der Waals surface area contributed by atoms with E-state index in [1.807, 2.05) is 0 Å². The van der Waals surface area contributed by atoms with Crippen LogP contribution in [0.2, 0.25) is 0 Å². The first-order valence-corrected chi connectivity index (χ1v) is 9.05. The van der Waals surface area contributed by atoms with E-state index in [1.165, 1.54) is 0 Å². The monoisotopic (exact) mass is 365 g/mol. The number of nitrogens with zero attached hydrogens (tertiary/aromatic N) is 4. The van der Waals surface area contributed by atoms with E-state index in [9.17, 15) is 14.7 Å². The Balaban J connectivity index is 1.41. The SMILES string of the molecule is Cn1cc(C(O)CNC(=O)C2CC(=O)N(CCN3CCOCC3)C2)cn1. The predicted octanol–water partition coefficient (Wildman–Crippen LogP) is -1.25. The number of likely N-dealkylation sites (tertiary alicyclic amines) is 1. The van der Waals surface area contributed by atoms with Crippen LogP contribution in [0.3, 0.4) is 0 Å². The van der Waals surface area contributed by atoms with E-state index < -0.39 is 6.10 Å². The number of nitrogens with one attached hydrogen (secondary N) is 1. The fraction of sp³-hybridized carbons (Fsp3) is 0.706. The minimum atomic E-state index is -0.804. The van der Waals surface area contributed by atoms with Gasteiger partial charge in [0.15, 0.2) is 0 Å². The highest BCUT2D eigenvalue weighted by Crippen LogP contribution is 2.18. The van der Waals surface area contributed by atoms with Gasteiger partial charge < -0.3 is 20.1 Å². The summed E-state index contributed by atoms with van der Waals surface area (Å²) in [6.45, 7) is 5.25. The summed E-state index contributed by atoms with van der Waals surface area (Å²) < 4.78 is 6.92. The molecule has 0 spiro atoms. The van der Waals surface area contributed by atoms with Gasteiger partial charge in [0, 0.05) is 64.5 Å². The predicted molar refractivity (Wildman–Crippen MR) is 93.1 cm³/mol. The second-order valence-corrected chi connectivity index (χ2v) is 6.90. The molecule has 9 nitrogen and oxygen atoms in total. The van der Waals surface area contributed by atoms with Crippen molar-refractivity contribution in [2.75, 3.05) is 52.5 Å². The summed E-state index contributed by atoms with van der Waals surface area (Å²) in [7, 11) is 1.77. The summed E-state index contributed by atoms with van der Waals surface area (Å²) in [6, 6.07) is 0. The Bertz CT molecular complexity index is 628. The minimum absolute atomic E-state index is 0.0196. The van der Waals surface area contributed by atoms with Gasteiger partial charge >= 0.3 is 0 Å². The minimum Gasteiger partial charge on any atom is -0.386 e. The average Bonchev–Trinajstić information content (AvgIpc) is 3.24. The van der Waals surface area contributed by atoms with Crippen molar-refractivity contribution in [2.45, 2.75) is 12.5 Å². The Morgan fingerprint density at radius 3 is 2.88 bits per heavy atom. The molecule has 0 saturated carbocycles. The highest BCUT2D eigenvalue weighted by molar-refractivity contribution is 5.89. The van der Waals surface area contributed by atoms with Crippen LogP contribution in [0.25, 0.3) is 0 Å². The van der Waals surface area contributed by atoms with Gasteiger partial charge in [0.1, 0.15) is 0 Å². The van der Waals surface area contributed by atoms with Gasteiger partial charge in [-0.05, 0) is 0 Å². The van der Waals surface area contributed by atoms with Crippen LogP contribution >= 0.6 is 0 Å². The molecule has 26 heavy (non-hydrogen) atoms. The molecule has 2 fully saturated rings. The number of hydrogen-bond acceptors (Lipinski definition) is 6. The van der Waals surface area contributed by atoms with Crippen LogP contribution in [0.4, 0.5) is 0 Å². The zero-order valence-corrected chi connectivity index (χ0v) is 15.1. The number of aliphatic hydroxyl groups is 1. The largest absolute Gasteiger partial charge is 0.386 e. The average molecular weight is 365 g/mol. The van der Waals surface area contributed by atoms with Crippen molar-refractivity contribution >= 4 is 11.8 Å². The molecule has 2 saturated heterocycles. The van der Waals surface area contributed by atoms with Crippen molar-refractivity contribution in [1.82, 2.24) is 24.9 Å². The summed E-state index contributed by atoms with van der Waals surface area (Å²) in [6.07, 6.45) is 2.71. The lowest BCUT2D eigenvalue weighted by atomic mass is 10.1. The van der Waals surface area contributed by atoms with Crippen LogP contribution in [0.1, 0.15) is 18.1 Å². The molecule has 0 aliphatic carbocycles. The number of rotatable bonds is 7. The summed E-state index contributed by atoms with van der Waals surface area (Å²) in [5.41, 5.74) is 0.655. The van der Waals surface area contributed by atoms with Crippen LogP contribution in [-0.2, 0) is 21.4 Å². The zero-order valence-electron chi connectivity index (χ0n) is 15.1. The molecule has 2 aliphatic heterocycles. The fourth-order valence-corrected chi connectivity index (χ4v) is 3.32. The Labute approximate surface area is 152 Å². The molecule has 1 aromatic rings. The molecule has 144 valence electrons. The van der Waals surface area contributed by atoms with E-state index >= 15 is 0 Å². The molecule has 2 unspecified atom stereocenters. The smallest absolute Gasteiger partial charge is 0.225 e. The van der Waals surface area contributed by atoms with Crippen molar-refractivity contribution in [3.8, 4) is 0 Å². The van der Waals surface area contributed by atoms with E-state index in [2.05, 4.69) is 15.3 Å². The van der Waals surface area contributed by atoms with Crippen LogP contribution < -0.4 is 5.32 Å². The molecule has 2 atom stereocenters. The maximum Gasteiger partial charge on any atom is 0.225 e. The van der Waals surface area contributed by atoms with Crippen LogP contribution in [0.15, 0.2) is 12.4 Å². The van der Waals surface area contributed by atoms with Crippen molar-refractivity contribution in [3.05, 3.63) is 18.0 Å². The molecule has 3 heterocycles. The normalized spacial score (nSPS) is 22.6. The van der Waals surface area contributed by atoms with Gasteiger partial charge in [-0.3, -0.25) is 19.2 Å². The number of aliphatic hydroxyl groups excluding tert-OH is 1. The van der Waals surface area contributed by atoms with Crippen LogP contribution in [0, 0.1) is 5.92 Å². The van der Waals surface area contributed by atoms with Gasteiger partial charge in [0.05, 0.1) is 31.4 Å². The summed E-state index contributed by atoms with van der Waals surface area (Å²) in [5, 5.41) is 16.8. The highest BCUT2D eigenvalue weighted by atomic mass is 16.5. The molecule has 9 heteroatoms. The van der Waals surface area contributed by atoms with Gasteiger partial charge in [0.25, 0.3) is 0 Å². The third-order valence-electron chi connectivity index (χ3n) is 4.95. The second kappa shape index (κ2) is 8.61. The third-order valence-corrected chi connectivity index (χ3v) is 4.95. The van der Waals surface area contributed by atoms with Gasteiger partial charge in [-0.25, -0.2) is 0 Å². The zero-order chi connectivity index (χ0) is 18.5.